The van der Waals surface area contributed by atoms with Gasteiger partial charge < -0.3 is 37.2 Å². The molecule has 0 aromatic heterocycles. The van der Waals surface area contributed by atoms with E-state index in [9.17, 15) is 37.6 Å². The van der Waals surface area contributed by atoms with Gasteiger partial charge in [-0.3, -0.25) is 23.9 Å². The third kappa shape index (κ3) is 10.4. The number of nitrogens with zero attached hydrogens (tertiary/aromatic N) is 2. The van der Waals surface area contributed by atoms with Gasteiger partial charge in [-0.25, -0.2) is 4.18 Å². The Balaban J connectivity index is 1.82. The highest BCUT2D eigenvalue weighted by Crippen LogP contribution is 2.42. The Hall–Kier alpha value is -3.18. The summed E-state index contributed by atoms with van der Waals surface area (Å²) in [5.41, 5.74) is 11.2. The van der Waals surface area contributed by atoms with Crippen molar-refractivity contribution in [2.45, 2.75) is 95.5 Å². The number of rotatable bonds is 15. The first kappa shape index (κ1) is 37.3. The SMILES string of the molecule is CC[C@@H](C)[C@@H](NC(=O)[C@H](O)Cc1ccc(O)c(Cl)c1)C(=O)N1[C@@H]2C[C@H](OS(=O)(=O)O)CC[C@@H]2C[C@H]1C(=O)NCCCCN=C(N)N. The third-order valence-corrected chi connectivity index (χ3v) is 9.46. The molecule has 9 N–H and O–H groups in total. The van der Waals surface area contributed by atoms with Gasteiger partial charge in [0, 0.05) is 25.6 Å². The molecule has 3 amide bonds. The molecule has 1 saturated carbocycles. The number of carbonyl (C=O) groups excluding carboxylic acids is 3. The van der Waals surface area contributed by atoms with E-state index >= 15 is 0 Å². The number of phenolic OH excluding ortho intramolecular Hbond substituents is 1. The van der Waals surface area contributed by atoms with Crippen molar-refractivity contribution < 1.29 is 41.8 Å². The summed E-state index contributed by atoms with van der Waals surface area (Å²) < 4.78 is 37.1. The molecule has 3 rings (SSSR count). The Morgan fingerprint density at radius 3 is 2.54 bits per heavy atom. The van der Waals surface area contributed by atoms with Crippen LogP contribution in [0, 0.1) is 11.8 Å². The van der Waals surface area contributed by atoms with E-state index in [1.54, 1.807) is 6.92 Å². The molecule has 1 aromatic rings. The number of aliphatic hydroxyl groups excluding tert-OH is 1. The molecule has 46 heavy (non-hydrogen) atoms. The Bertz CT molecular complexity index is 1380. The summed E-state index contributed by atoms with van der Waals surface area (Å²) in [6, 6.07) is 1.66. The van der Waals surface area contributed by atoms with E-state index in [0.717, 1.165) is 0 Å². The van der Waals surface area contributed by atoms with Gasteiger partial charge in [0.25, 0.3) is 0 Å². The minimum absolute atomic E-state index is 0.0248. The molecule has 0 spiro atoms. The van der Waals surface area contributed by atoms with Crippen LogP contribution in [0.4, 0.5) is 0 Å². The van der Waals surface area contributed by atoms with Gasteiger partial charge in [0.15, 0.2) is 5.96 Å². The van der Waals surface area contributed by atoms with E-state index in [0.29, 0.717) is 57.2 Å². The second-order valence-corrected chi connectivity index (χ2v) is 13.4. The van der Waals surface area contributed by atoms with Crippen molar-refractivity contribution >= 4 is 45.7 Å². The van der Waals surface area contributed by atoms with Crippen LogP contribution >= 0.6 is 11.6 Å². The second-order valence-electron chi connectivity index (χ2n) is 12.0. The molecule has 7 atom stereocenters. The van der Waals surface area contributed by atoms with Crippen molar-refractivity contribution in [3.05, 3.63) is 28.8 Å². The number of aromatic hydroxyl groups is 1. The van der Waals surface area contributed by atoms with Gasteiger partial charge in [-0.2, -0.15) is 8.42 Å². The summed E-state index contributed by atoms with van der Waals surface area (Å²) >= 11 is 5.96. The molecule has 0 unspecified atom stereocenters. The number of aliphatic hydroxyl groups is 1. The molecule has 1 aliphatic carbocycles. The zero-order chi connectivity index (χ0) is 34.2. The lowest BCUT2D eigenvalue weighted by Crippen LogP contribution is -2.59. The number of likely N-dealkylation sites (tertiary alicyclic amines) is 1. The Morgan fingerprint density at radius 2 is 1.91 bits per heavy atom. The number of carbonyl (C=O) groups is 3. The minimum atomic E-state index is -4.75. The van der Waals surface area contributed by atoms with Gasteiger partial charge in [0.1, 0.15) is 23.9 Å². The highest BCUT2D eigenvalue weighted by Gasteiger charge is 2.51. The lowest BCUT2D eigenvalue weighted by molar-refractivity contribution is -0.146. The lowest BCUT2D eigenvalue weighted by Gasteiger charge is -2.39. The standard InChI is InChI=1S/C29H45ClN6O9S/c1-3-16(2)25(35-27(40)24(38)13-17-6-9-23(37)20(30)12-17)28(41)36-21-15-19(45-46(42,43)44)8-7-18(21)14-22(36)26(39)33-10-4-5-11-34-29(31)32/h6,9,12,16,18-19,21-22,24-25,37-38H,3-5,7-8,10-11,13-15H2,1-2H3,(H,33,39)(H,35,40)(H4,31,32,34)(H,42,43,44)/t16-,18-,19-,21-,22+,24-,25-/m1/s1. The number of phenols is 1. The first-order valence-electron chi connectivity index (χ1n) is 15.4. The van der Waals surface area contributed by atoms with Gasteiger partial charge in [-0.05, 0) is 68.1 Å². The number of unbranched alkanes of at least 4 members (excludes halogenated alkanes) is 1. The van der Waals surface area contributed by atoms with Crippen LogP contribution < -0.4 is 22.1 Å². The Kier molecular flexibility index (Phi) is 13.4. The summed E-state index contributed by atoms with van der Waals surface area (Å²) in [5.74, 6) is -2.47. The zero-order valence-corrected chi connectivity index (χ0v) is 27.5. The molecule has 1 heterocycles. The van der Waals surface area contributed by atoms with Crippen molar-refractivity contribution in [1.29, 1.82) is 0 Å². The van der Waals surface area contributed by atoms with E-state index in [1.807, 2.05) is 6.92 Å². The van der Waals surface area contributed by atoms with Crippen LogP contribution in [0.25, 0.3) is 0 Å². The molecular weight excluding hydrogens is 644 g/mol. The van der Waals surface area contributed by atoms with Gasteiger partial charge in [-0.1, -0.05) is 37.9 Å². The predicted molar refractivity (Wildman–Crippen MR) is 170 cm³/mol. The number of nitrogens with two attached hydrogens (primary N) is 2. The Morgan fingerprint density at radius 1 is 1.20 bits per heavy atom. The van der Waals surface area contributed by atoms with Gasteiger partial charge in [-0.15, -0.1) is 0 Å². The van der Waals surface area contributed by atoms with Crippen molar-refractivity contribution in [2.75, 3.05) is 13.1 Å². The number of hydrogen-bond donors (Lipinski definition) is 7. The van der Waals surface area contributed by atoms with Crippen LogP contribution in [0.1, 0.15) is 64.4 Å². The molecule has 15 nitrogen and oxygen atoms in total. The van der Waals surface area contributed by atoms with E-state index in [-0.39, 0.29) is 35.5 Å². The van der Waals surface area contributed by atoms with Crippen molar-refractivity contribution in [3.8, 4) is 5.75 Å². The summed E-state index contributed by atoms with van der Waals surface area (Å²) in [5, 5.41) is 26.0. The fourth-order valence-electron chi connectivity index (χ4n) is 6.09. The number of amides is 3. The maximum absolute atomic E-state index is 14.3. The van der Waals surface area contributed by atoms with Crippen LogP contribution in [0.3, 0.4) is 0 Å². The van der Waals surface area contributed by atoms with E-state index in [2.05, 4.69) is 15.6 Å². The van der Waals surface area contributed by atoms with Crippen molar-refractivity contribution in [2.24, 2.45) is 28.3 Å². The van der Waals surface area contributed by atoms with E-state index in [4.69, 9.17) is 27.3 Å². The molecule has 1 saturated heterocycles. The maximum Gasteiger partial charge on any atom is 0.397 e. The number of hydrogen-bond acceptors (Lipinski definition) is 9. The highest BCUT2D eigenvalue weighted by atomic mass is 35.5. The molecule has 1 aliphatic heterocycles. The average Bonchev–Trinajstić information content (AvgIpc) is 3.36. The monoisotopic (exact) mass is 688 g/mol. The zero-order valence-electron chi connectivity index (χ0n) is 26.0. The average molecular weight is 689 g/mol. The maximum atomic E-state index is 14.3. The summed E-state index contributed by atoms with van der Waals surface area (Å²) in [4.78, 5) is 46.4. The molecule has 0 bridgehead atoms. The second kappa shape index (κ2) is 16.6. The normalized spacial score (nSPS) is 23.1. The highest BCUT2D eigenvalue weighted by molar-refractivity contribution is 7.80. The van der Waals surface area contributed by atoms with Crippen LogP contribution in [0.15, 0.2) is 23.2 Å². The smallest absolute Gasteiger partial charge is 0.397 e. The van der Waals surface area contributed by atoms with Gasteiger partial charge >= 0.3 is 10.4 Å². The molecule has 0 radical (unpaired) electrons. The summed E-state index contributed by atoms with van der Waals surface area (Å²) in [6.45, 7) is 4.30. The molecule has 17 heteroatoms. The van der Waals surface area contributed by atoms with E-state index in [1.165, 1.54) is 23.1 Å². The first-order chi connectivity index (χ1) is 21.6. The predicted octanol–water partition coefficient (Wildman–Crippen LogP) is 0.607. The number of halogens is 1. The van der Waals surface area contributed by atoms with Crippen molar-refractivity contribution in [1.82, 2.24) is 15.5 Å². The molecule has 1 aromatic carbocycles. The van der Waals surface area contributed by atoms with Crippen LogP contribution in [0.2, 0.25) is 5.02 Å². The molecule has 2 fully saturated rings. The van der Waals surface area contributed by atoms with Crippen molar-refractivity contribution in [3.63, 3.8) is 0 Å². The van der Waals surface area contributed by atoms with Crippen LogP contribution in [-0.4, -0.2) is 95.2 Å². The Labute approximate surface area is 274 Å². The van der Waals surface area contributed by atoms with E-state index < -0.39 is 64.4 Å². The molecular formula is C29H45ClN6O9S. The first-order valence-corrected chi connectivity index (χ1v) is 17.1. The topological polar surface area (TPSA) is 247 Å². The van der Waals surface area contributed by atoms with Gasteiger partial charge in [0.2, 0.25) is 17.7 Å². The fourth-order valence-corrected chi connectivity index (χ4v) is 6.81. The number of nitrogens with one attached hydrogen (secondary N) is 2. The summed E-state index contributed by atoms with van der Waals surface area (Å²) in [7, 11) is -4.75. The number of guanidine groups is 1. The quantitative estimate of drug-likeness (QED) is 0.0582. The van der Waals surface area contributed by atoms with Crippen LogP contribution in [0.5, 0.6) is 5.75 Å². The third-order valence-electron chi connectivity index (χ3n) is 8.64. The fraction of sp³-hybridized carbons (Fsp3) is 0.655. The molecule has 2 aliphatic rings. The largest absolute Gasteiger partial charge is 0.506 e. The number of benzene rings is 1. The molecule has 258 valence electrons. The summed E-state index contributed by atoms with van der Waals surface area (Å²) in [6.07, 6.45) is 0.220. The lowest BCUT2D eigenvalue weighted by atomic mass is 9.83. The minimum Gasteiger partial charge on any atom is -0.506 e. The van der Waals surface area contributed by atoms with Crippen LogP contribution in [-0.2, 0) is 35.4 Å². The number of aliphatic imine (C=N–C) groups is 1. The number of fused-ring (bicyclic) bond motifs is 1. The van der Waals surface area contributed by atoms with Gasteiger partial charge in [0.05, 0.1) is 11.1 Å².